The zero-order valence-corrected chi connectivity index (χ0v) is 39.7. The molecule has 0 saturated carbocycles. The van der Waals surface area contributed by atoms with Crippen molar-refractivity contribution >= 4 is 80.0 Å². The number of fused-ring (bicyclic) bond motifs is 1. The summed E-state index contributed by atoms with van der Waals surface area (Å²) >= 11 is 9.62. The number of likely N-dealkylation sites (N-methyl/N-ethyl adjacent to an activating group) is 1. The van der Waals surface area contributed by atoms with Crippen LogP contribution in [0.1, 0.15) is 84.8 Å². The van der Waals surface area contributed by atoms with Gasteiger partial charge in [-0.25, -0.2) is 9.59 Å². The van der Waals surface area contributed by atoms with Crippen LogP contribution in [-0.4, -0.2) is 111 Å². The molecular formula is C45H62BrClN8O9. The number of carbonyl (C=O) groups excluding carboxylic acids is 6. The lowest BCUT2D eigenvalue weighted by molar-refractivity contribution is -0.143. The molecule has 1 fully saturated rings. The number of hydrogen-bond donors (Lipinski definition) is 9. The topological polar surface area (TPSA) is 251 Å². The van der Waals surface area contributed by atoms with E-state index in [1.165, 1.54) is 18.0 Å². The number of carboxylic acid groups (broad SMARTS) is 1. The van der Waals surface area contributed by atoms with Gasteiger partial charge < -0.3 is 52.0 Å². The number of urea groups is 1. The molecule has 4 rings (SSSR count). The molecule has 2 aromatic carbocycles. The van der Waals surface area contributed by atoms with Gasteiger partial charge in [0.15, 0.2) is 0 Å². The summed E-state index contributed by atoms with van der Waals surface area (Å²) in [6.45, 7) is 10.8. The molecular weight excluding hydrogens is 912 g/mol. The second-order valence-electron chi connectivity index (χ2n) is 17.3. The Hall–Kier alpha value is -5.36. The van der Waals surface area contributed by atoms with E-state index in [1.807, 2.05) is 38.1 Å². The van der Waals surface area contributed by atoms with E-state index in [2.05, 4.69) is 52.8 Å². The van der Waals surface area contributed by atoms with Gasteiger partial charge >= 0.3 is 12.0 Å². The highest BCUT2D eigenvalue weighted by Crippen LogP contribution is 2.31. The molecule has 7 atom stereocenters. The number of hydrogen-bond acceptors (Lipinski definition) is 8. The van der Waals surface area contributed by atoms with Crippen molar-refractivity contribution in [1.29, 1.82) is 0 Å². The Morgan fingerprint density at radius 3 is 2.20 bits per heavy atom. The third-order valence-corrected chi connectivity index (χ3v) is 12.4. The predicted molar refractivity (Wildman–Crippen MR) is 246 cm³/mol. The van der Waals surface area contributed by atoms with Crippen molar-refractivity contribution < 1.29 is 43.8 Å². The number of rotatable bonds is 12. The maximum absolute atomic E-state index is 14.7. The first-order valence-corrected chi connectivity index (χ1v) is 22.9. The van der Waals surface area contributed by atoms with E-state index in [0.717, 1.165) is 10.0 Å². The van der Waals surface area contributed by atoms with E-state index in [0.29, 0.717) is 35.7 Å². The molecule has 0 bridgehead atoms. The van der Waals surface area contributed by atoms with Crippen molar-refractivity contribution in [3.05, 3.63) is 63.2 Å². The van der Waals surface area contributed by atoms with Gasteiger partial charge in [0.2, 0.25) is 29.5 Å². The van der Waals surface area contributed by atoms with E-state index >= 15 is 0 Å². The van der Waals surface area contributed by atoms with Crippen LogP contribution in [0.3, 0.4) is 0 Å². The quantitative estimate of drug-likeness (QED) is 0.124. The Bertz CT molecular complexity index is 2150. The van der Waals surface area contributed by atoms with Gasteiger partial charge in [0.25, 0.3) is 0 Å². The van der Waals surface area contributed by atoms with Gasteiger partial charge in [0.1, 0.15) is 42.0 Å². The molecule has 1 aliphatic rings. The van der Waals surface area contributed by atoms with Crippen LogP contribution >= 0.6 is 27.5 Å². The number of amides is 7. The van der Waals surface area contributed by atoms with Gasteiger partial charge in [-0.2, -0.15) is 0 Å². The Morgan fingerprint density at radius 1 is 0.906 bits per heavy atom. The van der Waals surface area contributed by atoms with Crippen molar-refractivity contribution in [2.45, 2.75) is 123 Å². The Balaban J connectivity index is 1.76. The standard InChI is InChI=1S/C45H62BrClN8O9/c1-8-25(6)38(44(62)63)54-45(64)52-31-11-9-10-16-48-39(57)33(18-26-12-14-28(46)15-13-26)50-41(59)35(19-27-22-49-32-21-30(47)36(56)20-29(27)32)55(7)43(61)34(17-23(2)3)51-42(60)37(24(4)5)53-40(31)58/h12-15,20-25,31,33-35,37-38,49,56H,8-11,16-19H2,1-7H3,(H,48,57)(H,50,59)(H,51,60)(H,53,58)(H,62,63)(H2,52,54,64)/t25?,31-,33+,34+,35+,37+,38+/m1/s1. The van der Waals surface area contributed by atoms with E-state index in [9.17, 15) is 43.8 Å². The smallest absolute Gasteiger partial charge is 0.326 e. The van der Waals surface area contributed by atoms with Crippen LogP contribution in [-0.2, 0) is 41.6 Å². The molecule has 17 nitrogen and oxygen atoms in total. The number of nitrogens with one attached hydrogen (secondary N) is 7. The minimum atomic E-state index is -1.24. The third kappa shape index (κ3) is 14.1. The minimum Gasteiger partial charge on any atom is -0.506 e. The molecule has 3 aromatic rings. The molecule has 7 amide bonds. The van der Waals surface area contributed by atoms with Gasteiger partial charge in [-0.15, -0.1) is 0 Å². The summed E-state index contributed by atoms with van der Waals surface area (Å²) in [6, 6.07) is 2.24. The lowest BCUT2D eigenvalue weighted by Gasteiger charge is -2.33. The molecule has 1 saturated heterocycles. The zero-order chi connectivity index (χ0) is 47.4. The first-order chi connectivity index (χ1) is 30.2. The van der Waals surface area contributed by atoms with Crippen LogP contribution < -0.4 is 31.9 Å². The van der Waals surface area contributed by atoms with E-state index in [4.69, 9.17) is 11.6 Å². The number of aromatic nitrogens is 1. The second-order valence-corrected chi connectivity index (χ2v) is 18.6. The second kappa shape index (κ2) is 23.5. The first kappa shape index (κ1) is 51.3. The summed E-state index contributed by atoms with van der Waals surface area (Å²) in [5.41, 5.74) is 1.88. The van der Waals surface area contributed by atoms with Gasteiger partial charge in [-0.1, -0.05) is 87.6 Å². The largest absolute Gasteiger partial charge is 0.506 e. The number of benzene rings is 2. The maximum atomic E-state index is 14.7. The van der Waals surface area contributed by atoms with Crippen molar-refractivity contribution in [3.63, 3.8) is 0 Å². The fourth-order valence-corrected chi connectivity index (χ4v) is 7.98. The maximum Gasteiger partial charge on any atom is 0.326 e. The molecule has 0 aliphatic carbocycles. The van der Waals surface area contributed by atoms with Crippen molar-refractivity contribution in [1.82, 2.24) is 41.8 Å². The summed E-state index contributed by atoms with van der Waals surface area (Å²) < 4.78 is 0.815. The predicted octanol–water partition coefficient (Wildman–Crippen LogP) is 4.53. The van der Waals surface area contributed by atoms with Crippen LogP contribution in [0.4, 0.5) is 4.79 Å². The molecule has 0 radical (unpaired) electrons. The average Bonchev–Trinajstić information content (AvgIpc) is 3.62. The molecule has 2 heterocycles. The number of carboxylic acids is 1. The summed E-state index contributed by atoms with van der Waals surface area (Å²) in [5.74, 6) is -5.59. The first-order valence-electron chi connectivity index (χ1n) is 21.7. The van der Waals surface area contributed by atoms with Crippen molar-refractivity contribution in [2.75, 3.05) is 13.6 Å². The molecule has 1 aromatic heterocycles. The third-order valence-electron chi connectivity index (χ3n) is 11.5. The van der Waals surface area contributed by atoms with Crippen LogP contribution in [0.15, 0.2) is 47.1 Å². The summed E-state index contributed by atoms with van der Waals surface area (Å²) in [4.78, 5) is 101. The average molecular weight is 974 g/mol. The molecule has 64 heavy (non-hydrogen) atoms. The normalized spacial score (nSPS) is 22.1. The van der Waals surface area contributed by atoms with Crippen LogP contribution in [0.25, 0.3) is 10.9 Å². The van der Waals surface area contributed by atoms with Gasteiger partial charge in [0, 0.05) is 48.0 Å². The SMILES string of the molecule is CCC(C)[C@H](NC(=O)N[C@@H]1CCCCNC(=O)[C@H](Cc2ccc(Br)cc2)NC(=O)[C@H](Cc2c[nH]c3cc(Cl)c(O)cc23)N(C)C(=O)[C@H](CC(C)C)NC(=O)[C@H](C(C)C)NC1=O)C(=O)O. The minimum absolute atomic E-state index is 0.0560. The highest BCUT2D eigenvalue weighted by atomic mass is 79.9. The van der Waals surface area contributed by atoms with Gasteiger partial charge in [-0.3, -0.25) is 24.0 Å². The number of aromatic amines is 1. The fraction of sp³-hybridized carbons (Fsp3) is 0.533. The number of H-pyrrole nitrogens is 1. The molecule has 0 spiro atoms. The van der Waals surface area contributed by atoms with Gasteiger partial charge in [0.05, 0.1) is 5.02 Å². The summed E-state index contributed by atoms with van der Waals surface area (Å²) in [7, 11) is 1.45. The van der Waals surface area contributed by atoms with E-state index < -0.39 is 89.6 Å². The summed E-state index contributed by atoms with van der Waals surface area (Å²) in [6.07, 6.45) is 2.99. The number of aliphatic carboxylic acids is 1. The van der Waals surface area contributed by atoms with E-state index in [-0.39, 0.29) is 48.9 Å². The fourth-order valence-electron chi connectivity index (χ4n) is 7.55. The number of carbonyl (C=O) groups is 7. The Kier molecular flexibility index (Phi) is 18.9. The lowest BCUT2D eigenvalue weighted by atomic mass is 9.97. The molecule has 350 valence electrons. The molecule has 1 aliphatic heterocycles. The van der Waals surface area contributed by atoms with E-state index in [1.54, 1.807) is 40.0 Å². The number of halogens is 2. The molecule has 9 N–H and O–H groups in total. The highest BCUT2D eigenvalue weighted by Gasteiger charge is 2.37. The van der Waals surface area contributed by atoms with Crippen LogP contribution in [0, 0.1) is 17.8 Å². The molecule has 19 heteroatoms. The number of phenolic OH excluding ortho intramolecular Hbond substituents is 1. The number of phenols is 1. The van der Waals surface area contributed by atoms with Crippen molar-refractivity contribution in [3.8, 4) is 5.75 Å². The monoisotopic (exact) mass is 972 g/mol. The van der Waals surface area contributed by atoms with Crippen LogP contribution in [0.5, 0.6) is 5.75 Å². The number of nitrogens with zero attached hydrogens (tertiary/aromatic N) is 1. The number of aromatic hydroxyl groups is 1. The van der Waals surface area contributed by atoms with Gasteiger partial charge in [-0.05, 0) is 78.8 Å². The summed E-state index contributed by atoms with van der Waals surface area (Å²) in [5, 5.41) is 37.4. The zero-order valence-electron chi connectivity index (χ0n) is 37.3. The van der Waals surface area contributed by atoms with Crippen LogP contribution in [0.2, 0.25) is 5.02 Å². The highest BCUT2D eigenvalue weighted by molar-refractivity contribution is 9.10. The Labute approximate surface area is 387 Å². The Morgan fingerprint density at radius 2 is 1.58 bits per heavy atom. The molecule has 1 unspecified atom stereocenters. The van der Waals surface area contributed by atoms with Crippen molar-refractivity contribution in [2.24, 2.45) is 17.8 Å². The lowest BCUT2D eigenvalue weighted by Crippen LogP contribution is -2.61.